The molecule has 0 spiro atoms. The summed E-state index contributed by atoms with van der Waals surface area (Å²) < 4.78 is 5.35. The number of aliphatic hydroxyl groups is 2. The van der Waals surface area contributed by atoms with Gasteiger partial charge in [-0.3, -0.25) is 0 Å². The fraction of sp³-hybridized carbons (Fsp3) is 0.923. The number of hydrogen-bond donors (Lipinski definition) is 2. The predicted octanol–water partition coefficient (Wildman–Crippen LogP) is 0.988. The van der Waals surface area contributed by atoms with E-state index in [1.54, 1.807) is 4.90 Å². The quantitative estimate of drug-likeness (QED) is 0.774. The molecule has 2 N–H and O–H groups in total. The highest BCUT2D eigenvalue weighted by atomic mass is 16.6. The molecule has 3 fully saturated rings. The Morgan fingerprint density at radius 2 is 1.61 bits per heavy atom. The molecule has 2 saturated heterocycles. The third-order valence-electron chi connectivity index (χ3n) is 3.88. The molecule has 2 aliphatic heterocycles. The van der Waals surface area contributed by atoms with E-state index in [4.69, 9.17) is 4.74 Å². The molecule has 104 valence electrons. The Morgan fingerprint density at radius 1 is 1.17 bits per heavy atom. The van der Waals surface area contributed by atoms with Gasteiger partial charge in [0.1, 0.15) is 5.60 Å². The molecule has 0 aromatic rings. The molecule has 0 aromatic carbocycles. The van der Waals surface area contributed by atoms with Gasteiger partial charge >= 0.3 is 6.09 Å². The van der Waals surface area contributed by atoms with Gasteiger partial charge in [-0.1, -0.05) is 0 Å². The van der Waals surface area contributed by atoms with Crippen LogP contribution in [0.15, 0.2) is 0 Å². The Bertz CT molecular complexity index is 323. The molecule has 18 heavy (non-hydrogen) atoms. The number of amides is 1. The summed E-state index contributed by atoms with van der Waals surface area (Å²) in [6.45, 7) is 6.68. The minimum Gasteiger partial charge on any atom is -0.444 e. The first-order valence-electron chi connectivity index (χ1n) is 6.43. The van der Waals surface area contributed by atoms with Gasteiger partial charge in [0.25, 0.3) is 0 Å². The molecule has 1 aliphatic carbocycles. The average molecular weight is 257 g/mol. The number of hydrogen-bond acceptors (Lipinski definition) is 4. The lowest BCUT2D eigenvalue weighted by Crippen LogP contribution is -2.67. The summed E-state index contributed by atoms with van der Waals surface area (Å²) in [6.07, 6.45) is 1.25. The third-order valence-corrected chi connectivity index (χ3v) is 3.88. The van der Waals surface area contributed by atoms with Gasteiger partial charge in [-0.2, -0.15) is 0 Å². The Hall–Kier alpha value is -0.810. The number of rotatable bonds is 2. The van der Waals surface area contributed by atoms with Gasteiger partial charge in [0, 0.05) is 23.9 Å². The second-order valence-electron chi connectivity index (χ2n) is 7.01. The first-order valence-corrected chi connectivity index (χ1v) is 6.43. The van der Waals surface area contributed by atoms with Crippen molar-refractivity contribution in [2.45, 2.75) is 39.2 Å². The lowest BCUT2D eigenvalue weighted by molar-refractivity contribution is -0.168. The number of carbonyl (C=O) groups is 1. The Kier molecular flexibility index (Phi) is 3.10. The molecule has 2 bridgehead atoms. The van der Waals surface area contributed by atoms with E-state index < -0.39 is 5.60 Å². The van der Waals surface area contributed by atoms with E-state index in [0.717, 1.165) is 12.8 Å². The zero-order valence-electron chi connectivity index (χ0n) is 11.4. The maximum atomic E-state index is 12.0. The number of aliphatic hydroxyl groups excluding tert-OH is 2. The Balaban J connectivity index is 2.05. The van der Waals surface area contributed by atoms with Crippen LogP contribution in [0.1, 0.15) is 33.6 Å². The van der Waals surface area contributed by atoms with Crippen molar-refractivity contribution in [1.82, 2.24) is 4.90 Å². The Morgan fingerprint density at radius 3 is 1.94 bits per heavy atom. The minimum absolute atomic E-state index is 0.0635. The first kappa shape index (κ1) is 13.6. The molecule has 0 atom stereocenters. The predicted molar refractivity (Wildman–Crippen MR) is 66.1 cm³/mol. The molecule has 0 unspecified atom stereocenters. The molecule has 1 amide bonds. The fourth-order valence-electron chi connectivity index (χ4n) is 3.41. The van der Waals surface area contributed by atoms with E-state index in [1.165, 1.54) is 0 Å². The summed E-state index contributed by atoms with van der Waals surface area (Å²) in [5.41, 5.74) is -0.965. The number of ether oxygens (including phenoxy) is 1. The summed E-state index contributed by atoms with van der Waals surface area (Å²) in [6, 6.07) is 0. The van der Waals surface area contributed by atoms with Crippen LogP contribution in [-0.4, -0.2) is 53.1 Å². The van der Waals surface area contributed by atoms with Gasteiger partial charge < -0.3 is 19.8 Å². The second kappa shape index (κ2) is 4.10. The van der Waals surface area contributed by atoms with Gasteiger partial charge in [-0.25, -0.2) is 4.79 Å². The SMILES string of the molecule is CC(C)(C)OC(=O)N1CC2(CO)CC(CO)(C1)C2. The van der Waals surface area contributed by atoms with Crippen molar-refractivity contribution in [3.05, 3.63) is 0 Å². The number of carbonyl (C=O) groups excluding carboxylic acids is 1. The summed E-state index contributed by atoms with van der Waals surface area (Å²) in [5.74, 6) is 0. The van der Waals surface area contributed by atoms with Crippen molar-refractivity contribution in [2.24, 2.45) is 10.8 Å². The van der Waals surface area contributed by atoms with Crippen molar-refractivity contribution < 1.29 is 19.7 Å². The van der Waals surface area contributed by atoms with Gasteiger partial charge in [0.2, 0.25) is 0 Å². The lowest BCUT2D eigenvalue weighted by atomic mass is 9.50. The highest BCUT2D eigenvalue weighted by molar-refractivity contribution is 5.68. The minimum atomic E-state index is -0.516. The average Bonchev–Trinajstić information content (AvgIpc) is 2.25. The number of piperidine rings is 2. The molecule has 3 aliphatic rings. The Labute approximate surface area is 108 Å². The third kappa shape index (κ3) is 2.34. The highest BCUT2D eigenvalue weighted by Gasteiger charge is 2.60. The van der Waals surface area contributed by atoms with E-state index in [-0.39, 0.29) is 30.1 Å². The molecule has 5 nitrogen and oxygen atoms in total. The number of nitrogens with zero attached hydrogens (tertiary/aromatic N) is 1. The normalized spacial score (nSPS) is 35.1. The van der Waals surface area contributed by atoms with Crippen LogP contribution in [0.25, 0.3) is 0 Å². The molecular weight excluding hydrogens is 234 g/mol. The van der Waals surface area contributed by atoms with Crippen LogP contribution in [0.5, 0.6) is 0 Å². The maximum absolute atomic E-state index is 12.0. The van der Waals surface area contributed by atoms with Crippen LogP contribution >= 0.6 is 0 Å². The zero-order valence-corrected chi connectivity index (χ0v) is 11.4. The van der Waals surface area contributed by atoms with Crippen molar-refractivity contribution in [2.75, 3.05) is 26.3 Å². The van der Waals surface area contributed by atoms with Gasteiger partial charge in [0.15, 0.2) is 0 Å². The summed E-state index contributed by atoms with van der Waals surface area (Å²) in [7, 11) is 0. The molecule has 0 radical (unpaired) electrons. The maximum Gasteiger partial charge on any atom is 0.410 e. The van der Waals surface area contributed by atoms with Crippen LogP contribution in [0.3, 0.4) is 0 Å². The zero-order chi connectivity index (χ0) is 13.6. The monoisotopic (exact) mass is 257 g/mol. The number of fused-ring (bicyclic) bond motifs is 2. The van der Waals surface area contributed by atoms with E-state index in [9.17, 15) is 15.0 Å². The van der Waals surface area contributed by atoms with E-state index in [0.29, 0.717) is 13.1 Å². The fourth-order valence-corrected chi connectivity index (χ4v) is 3.41. The topological polar surface area (TPSA) is 70.0 Å². The van der Waals surface area contributed by atoms with Crippen molar-refractivity contribution >= 4 is 6.09 Å². The molecule has 3 rings (SSSR count). The molecule has 0 aromatic heterocycles. The van der Waals surface area contributed by atoms with Crippen LogP contribution in [0.4, 0.5) is 4.79 Å². The van der Waals surface area contributed by atoms with Gasteiger partial charge in [-0.05, 0) is 33.6 Å². The van der Waals surface area contributed by atoms with Crippen molar-refractivity contribution in [1.29, 1.82) is 0 Å². The molecular formula is C13H23NO4. The van der Waals surface area contributed by atoms with Crippen LogP contribution in [0, 0.1) is 10.8 Å². The van der Waals surface area contributed by atoms with Crippen LogP contribution < -0.4 is 0 Å². The summed E-state index contributed by atoms with van der Waals surface area (Å²) in [5, 5.41) is 18.9. The second-order valence-corrected chi connectivity index (χ2v) is 7.01. The highest BCUT2D eigenvalue weighted by Crippen LogP contribution is 2.58. The largest absolute Gasteiger partial charge is 0.444 e. The van der Waals surface area contributed by atoms with Gasteiger partial charge in [0.05, 0.1) is 13.2 Å². The van der Waals surface area contributed by atoms with E-state index in [1.807, 2.05) is 20.8 Å². The van der Waals surface area contributed by atoms with Crippen molar-refractivity contribution in [3.8, 4) is 0 Å². The lowest BCUT2D eigenvalue weighted by Gasteiger charge is -2.62. The van der Waals surface area contributed by atoms with Crippen LogP contribution in [0.2, 0.25) is 0 Å². The molecule has 5 heteroatoms. The summed E-state index contributed by atoms with van der Waals surface area (Å²) >= 11 is 0. The van der Waals surface area contributed by atoms with Gasteiger partial charge in [-0.15, -0.1) is 0 Å². The smallest absolute Gasteiger partial charge is 0.410 e. The molecule has 2 heterocycles. The van der Waals surface area contributed by atoms with Crippen LogP contribution in [-0.2, 0) is 4.74 Å². The first-order chi connectivity index (χ1) is 8.23. The summed E-state index contributed by atoms with van der Waals surface area (Å²) in [4.78, 5) is 13.7. The van der Waals surface area contributed by atoms with Crippen molar-refractivity contribution in [3.63, 3.8) is 0 Å². The standard InChI is InChI=1S/C13H23NO4/c1-11(2,3)18-10(17)14-6-12(8-15)4-13(5-12,7-14)9-16/h15-16H,4-9H2,1-3H3. The van der Waals surface area contributed by atoms with E-state index >= 15 is 0 Å². The molecule has 1 saturated carbocycles. The van der Waals surface area contributed by atoms with E-state index in [2.05, 4.69) is 0 Å².